The third-order valence-corrected chi connectivity index (χ3v) is 3.44. The molecule has 0 saturated carbocycles. The monoisotopic (exact) mass is 269 g/mol. The second kappa shape index (κ2) is 5.16. The van der Waals surface area contributed by atoms with E-state index in [2.05, 4.69) is 10.6 Å². The molecule has 0 aromatic heterocycles. The lowest BCUT2D eigenvalue weighted by Gasteiger charge is -2.36. The van der Waals surface area contributed by atoms with Crippen LogP contribution in [0.4, 0.5) is 4.79 Å². The van der Waals surface area contributed by atoms with Gasteiger partial charge in [0.05, 0.1) is 12.6 Å². The van der Waals surface area contributed by atoms with Crippen LogP contribution in [0, 0.1) is 0 Å². The standard InChI is InChI=1S/C12H19N3O4/c1-8(2)19-9(16)7-15-5-3-12(4-6-15)10(17)13-11(18)14-12/h8H,3-7H2,1-2H3,(H2,13,14,17,18). The number of nitrogens with zero attached hydrogens (tertiary/aromatic N) is 1. The number of carbonyl (C=O) groups excluding carboxylic acids is 3. The molecule has 106 valence electrons. The summed E-state index contributed by atoms with van der Waals surface area (Å²) in [6, 6.07) is -0.433. The van der Waals surface area contributed by atoms with Crippen molar-refractivity contribution in [2.24, 2.45) is 0 Å². The van der Waals surface area contributed by atoms with Gasteiger partial charge in [-0.25, -0.2) is 4.79 Å². The molecule has 7 nitrogen and oxygen atoms in total. The number of piperidine rings is 1. The van der Waals surface area contributed by atoms with Gasteiger partial charge in [-0.15, -0.1) is 0 Å². The van der Waals surface area contributed by atoms with Crippen LogP contribution in [0.3, 0.4) is 0 Å². The molecule has 0 aliphatic carbocycles. The van der Waals surface area contributed by atoms with E-state index in [1.807, 2.05) is 18.7 Å². The van der Waals surface area contributed by atoms with Gasteiger partial charge in [-0.1, -0.05) is 0 Å². The lowest BCUT2D eigenvalue weighted by atomic mass is 9.88. The number of amides is 3. The van der Waals surface area contributed by atoms with E-state index in [0.29, 0.717) is 25.9 Å². The van der Waals surface area contributed by atoms with Crippen LogP contribution in [0.25, 0.3) is 0 Å². The summed E-state index contributed by atoms with van der Waals surface area (Å²) in [6.07, 6.45) is 0.905. The molecule has 2 aliphatic heterocycles. The Hall–Kier alpha value is -1.63. The smallest absolute Gasteiger partial charge is 0.322 e. The van der Waals surface area contributed by atoms with Crippen LogP contribution in [0.1, 0.15) is 26.7 Å². The Morgan fingerprint density at radius 2 is 2.00 bits per heavy atom. The van der Waals surface area contributed by atoms with Gasteiger partial charge in [-0.2, -0.15) is 0 Å². The third-order valence-electron chi connectivity index (χ3n) is 3.44. The van der Waals surface area contributed by atoms with Gasteiger partial charge in [0.25, 0.3) is 5.91 Å². The highest BCUT2D eigenvalue weighted by Crippen LogP contribution is 2.25. The maximum atomic E-state index is 11.7. The van der Waals surface area contributed by atoms with E-state index in [9.17, 15) is 14.4 Å². The molecule has 2 rings (SSSR count). The highest BCUT2D eigenvalue weighted by atomic mass is 16.5. The molecule has 0 aromatic carbocycles. The van der Waals surface area contributed by atoms with Gasteiger partial charge in [-0.05, 0) is 26.7 Å². The van der Waals surface area contributed by atoms with Crippen LogP contribution in [0.15, 0.2) is 0 Å². The number of hydrogen-bond donors (Lipinski definition) is 2. The average molecular weight is 269 g/mol. The molecule has 2 saturated heterocycles. The van der Waals surface area contributed by atoms with Crippen LogP contribution < -0.4 is 10.6 Å². The van der Waals surface area contributed by atoms with Crippen molar-refractivity contribution in [1.29, 1.82) is 0 Å². The normalized spacial score (nSPS) is 22.5. The van der Waals surface area contributed by atoms with Crippen molar-refractivity contribution in [3.05, 3.63) is 0 Å². The minimum Gasteiger partial charge on any atom is -0.462 e. The van der Waals surface area contributed by atoms with Crippen LogP contribution >= 0.6 is 0 Å². The van der Waals surface area contributed by atoms with Crippen molar-refractivity contribution < 1.29 is 19.1 Å². The van der Waals surface area contributed by atoms with E-state index < -0.39 is 11.6 Å². The Morgan fingerprint density at radius 1 is 1.37 bits per heavy atom. The fourth-order valence-electron chi connectivity index (χ4n) is 2.46. The Bertz CT molecular complexity index is 400. The van der Waals surface area contributed by atoms with Crippen LogP contribution in [0.2, 0.25) is 0 Å². The summed E-state index contributed by atoms with van der Waals surface area (Å²) < 4.78 is 5.08. The van der Waals surface area contributed by atoms with Crippen LogP contribution in [0.5, 0.6) is 0 Å². The molecule has 2 fully saturated rings. The molecule has 2 aliphatic rings. The number of nitrogens with one attached hydrogen (secondary N) is 2. The zero-order valence-corrected chi connectivity index (χ0v) is 11.2. The first-order valence-electron chi connectivity index (χ1n) is 6.47. The molecule has 2 N–H and O–H groups in total. The minimum absolute atomic E-state index is 0.122. The largest absolute Gasteiger partial charge is 0.462 e. The molecule has 19 heavy (non-hydrogen) atoms. The maximum Gasteiger partial charge on any atom is 0.322 e. The number of carbonyl (C=O) groups is 3. The average Bonchev–Trinajstić information content (AvgIpc) is 2.56. The molecule has 0 radical (unpaired) electrons. The van der Waals surface area contributed by atoms with Crippen molar-refractivity contribution in [1.82, 2.24) is 15.5 Å². The quantitative estimate of drug-likeness (QED) is 0.538. The van der Waals surface area contributed by atoms with Gasteiger partial charge in [0, 0.05) is 13.1 Å². The number of urea groups is 1. The molecule has 0 aromatic rings. The van der Waals surface area contributed by atoms with Crippen molar-refractivity contribution in [3.63, 3.8) is 0 Å². The lowest BCUT2D eigenvalue weighted by molar-refractivity contribution is -0.149. The van der Waals surface area contributed by atoms with Gasteiger partial charge in [0.2, 0.25) is 0 Å². The minimum atomic E-state index is -0.782. The number of hydrogen-bond acceptors (Lipinski definition) is 5. The maximum absolute atomic E-state index is 11.7. The molecule has 0 atom stereocenters. The zero-order chi connectivity index (χ0) is 14.0. The number of likely N-dealkylation sites (tertiary alicyclic amines) is 1. The molecule has 7 heteroatoms. The van der Waals surface area contributed by atoms with E-state index in [1.54, 1.807) is 0 Å². The number of rotatable bonds is 3. The first kappa shape index (κ1) is 13.8. The summed E-state index contributed by atoms with van der Waals surface area (Å²) in [7, 11) is 0. The Kier molecular flexibility index (Phi) is 3.75. The van der Waals surface area contributed by atoms with Crippen LogP contribution in [-0.2, 0) is 14.3 Å². The van der Waals surface area contributed by atoms with Gasteiger partial charge in [0.15, 0.2) is 0 Å². The SMILES string of the molecule is CC(C)OC(=O)CN1CCC2(CC1)NC(=O)NC2=O. The zero-order valence-electron chi connectivity index (χ0n) is 11.2. The van der Waals surface area contributed by atoms with Crippen molar-refractivity contribution in [2.45, 2.75) is 38.3 Å². The van der Waals surface area contributed by atoms with Gasteiger partial charge < -0.3 is 10.1 Å². The molecule has 2 heterocycles. The molecule has 3 amide bonds. The van der Waals surface area contributed by atoms with Gasteiger partial charge in [-0.3, -0.25) is 19.8 Å². The van der Waals surface area contributed by atoms with Crippen molar-refractivity contribution in [3.8, 4) is 0 Å². The van der Waals surface area contributed by atoms with Crippen molar-refractivity contribution >= 4 is 17.9 Å². The first-order chi connectivity index (χ1) is 8.91. The first-order valence-corrected chi connectivity index (χ1v) is 6.47. The van der Waals surface area contributed by atoms with Gasteiger partial charge >= 0.3 is 12.0 Å². The predicted octanol–water partition coefficient (Wildman–Crippen LogP) is -0.388. The summed E-state index contributed by atoms with van der Waals surface area (Å²) >= 11 is 0. The lowest BCUT2D eigenvalue weighted by Crippen LogP contribution is -2.55. The number of esters is 1. The predicted molar refractivity (Wildman–Crippen MR) is 66.3 cm³/mol. The fourth-order valence-corrected chi connectivity index (χ4v) is 2.46. The van der Waals surface area contributed by atoms with E-state index in [4.69, 9.17) is 4.74 Å². The topological polar surface area (TPSA) is 87.7 Å². The van der Waals surface area contributed by atoms with E-state index in [-0.39, 0.29) is 24.5 Å². The van der Waals surface area contributed by atoms with Crippen molar-refractivity contribution in [2.75, 3.05) is 19.6 Å². The Morgan fingerprint density at radius 3 is 2.47 bits per heavy atom. The molecule has 0 unspecified atom stereocenters. The molecule has 0 bridgehead atoms. The van der Waals surface area contributed by atoms with Crippen LogP contribution in [-0.4, -0.2) is 54.1 Å². The summed E-state index contributed by atoms with van der Waals surface area (Å²) in [5.41, 5.74) is -0.782. The van der Waals surface area contributed by atoms with E-state index in [1.165, 1.54) is 0 Å². The van der Waals surface area contributed by atoms with E-state index >= 15 is 0 Å². The number of ether oxygens (including phenoxy) is 1. The van der Waals surface area contributed by atoms with E-state index in [0.717, 1.165) is 0 Å². The Balaban J connectivity index is 1.84. The summed E-state index contributed by atoms with van der Waals surface area (Å²) in [4.78, 5) is 36.4. The number of imide groups is 1. The Labute approximate surface area is 111 Å². The summed E-state index contributed by atoms with van der Waals surface area (Å²) in [5, 5.41) is 4.94. The highest BCUT2D eigenvalue weighted by Gasteiger charge is 2.47. The second-order valence-electron chi connectivity index (χ2n) is 5.31. The highest BCUT2D eigenvalue weighted by molar-refractivity contribution is 6.07. The molecular weight excluding hydrogens is 250 g/mol. The van der Waals surface area contributed by atoms with Gasteiger partial charge in [0.1, 0.15) is 5.54 Å². The fraction of sp³-hybridized carbons (Fsp3) is 0.750. The third kappa shape index (κ3) is 3.04. The molecular formula is C12H19N3O4. The molecule has 1 spiro atoms. The summed E-state index contributed by atoms with van der Waals surface area (Å²) in [5.74, 6) is -0.521. The second-order valence-corrected chi connectivity index (χ2v) is 5.31. The summed E-state index contributed by atoms with van der Waals surface area (Å²) in [6.45, 7) is 5.01.